The molecule has 0 atom stereocenters. The van der Waals surface area contributed by atoms with Gasteiger partial charge in [-0.3, -0.25) is 9.10 Å². The maximum Gasteiger partial charge on any atom is 0.270 e. The van der Waals surface area contributed by atoms with E-state index in [-0.39, 0.29) is 24.6 Å². The third-order valence-corrected chi connectivity index (χ3v) is 8.00. The minimum absolute atomic E-state index is 0.0478. The van der Waals surface area contributed by atoms with Crippen LogP contribution in [0.5, 0.6) is 17.2 Å². The predicted octanol–water partition coefficient (Wildman–Crippen LogP) is 4.29. The lowest BCUT2D eigenvalue weighted by atomic mass is 10.0. The van der Waals surface area contributed by atoms with Crippen molar-refractivity contribution in [2.24, 2.45) is 0 Å². The summed E-state index contributed by atoms with van der Waals surface area (Å²) in [5.74, 6) is 0.817. The highest BCUT2D eigenvalue weighted by Crippen LogP contribution is 2.45. The third kappa shape index (κ3) is 5.41. The number of benzene rings is 3. The van der Waals surface area contributed by atoms with Gasteiger partial charge in [0.1, 0.15) is 12.4 Å². The van der Waals surface area contributed by atoms with E-state index in [1.165, 1.54) is 18.5 Å². The van der Waals surface area contributed by atoms with Crippen LogP contribution >= 0.6 is 0 Å². The lowest BCUT2D eigenvalue weighted by molar-refractivity contribution is -0.116. The van der Waals surface area contributed by atoms with Gasteiger partial charge in [-0.15, -0.1) is 0 Å². The zero-order valence-corrected chi connectivity index (χ0v) is 22.1. The summed E-state index contributed by atoms with van der Waals surface area (Å²) in [5, 5.41) is 2.71. The molecule has 1 heterocycles. The molecule has 0 saturated carbocycles. The molecule has 0 radical (unpaired) electrons. The average molecular weight is 523 g/mol. The molecule has 0 saturated heterocycles. The fourth-order valence-corrected chi connectivity index (χ4v) is 6.01. The number of ether oxygens (including phenoxy) is 3. The lowest BCUT2D eigenvalue weighted by Crippen LogP contribution is -2.41. The molecule has 0 unspecified atom stereocenters. The number of allylic oxidation sites excluding steroid dienone is 1. The lowest BCUT2D eigenvalue weighted by Gasteiger charge is -2.33. The van der Waals surface area contributed by atoms with E-state index in [0.717, 1.165) is 11.1 Å². The molecule has 194 valence electrons. The van der Waals surface area contributed by atoms with Gasteiger partial charge in [0.25, 0.3) is 15.9 Å². The van der Waals surface area contributed by atoms with E-state index in [9.17, 15) is 13.2 Å². The molecule has 3 aromatic carbocycles. The monoisotopic (exact) mass is 522 g/mol. The fourth-order valence-electron chi connectivity index (χ4n) is 4.26. The van der Waals surface area contributed by atoms with Gasteiger partial charge in [0.05, 0.1) is 33.0 Å². The summed E-state index contributed by atoms with van der Waals surface area (Å²) in [6, 6.07) is 20.1. The van der Waals surface area contributed by atoms with Gasteiger partial charge in [0.15, 0.2) is 16.4 Å². The smallest absolute Gasteiger partial charge is 0.270 e. The van der Waals surface area contributed by atoms with Crippen LogP contribution in [0.25, 0.3) is 5.57 Å². The zero-order chi connectivity index (χ0) is 26.6. The van der Waals surface area contributed by atoms with E-state index in [1.54, 1.807) is 19.1 Å². The minimum Gasteiger partial charge on any atom is -0.493 e. The first-order chi connectivity index (χ1) is 17.8. The highest BCUT2D eigenvalue weighted by Gasteiger charge is 2.40. The largest absolute Gasteiger partial charge is 0.493 e. The Kier molecular flexibility index (Phi) is 7.73. The van der Waals surface area contributed by atoms with E-state index < -0.39 is 15.9 Å². The van der Waals surface area contributed by atoms with Crippen LogP contribution in [0.2, 0.25) is 0 Å². The van der Waals surface area contributed by atoms with Gasteiger partial charge < -0.3 is 19.5 Å². The number of sulfonamides is 1. The minimum atomic E-state index is -4.20. The second-order valence-electron chi connectivity index (χ2n) is 8.60. The maximum absolute atomic E-state index is 13.9. The van der Waals surface area contributed by atoms with Crippen LogP contribution in [-0.4, -0.2) is 41.7 Å². The van der Waals surface area contributed by atoms with Gasteiger partial charge in [0.2, 0.25) is 0 Å². The van der Waals surface area contributed by atoms with Crippen molar-refractivity contribution in [3.05, 3.63) is 88.3 Å². The zero-order valence-electron chi connectivity index (χ0n) is 21.3. The van der Waals surface area contributed by atoms with E-state index >= 15 is 0 Å². The fraction of sp³-hybridized carbons (Fsp3) is 0.250. The second kappa shape index (κ2) is 11.0. The number of nitrogens with one attached hydrogen (secondary N) is 1. The first-order valence-electron chi connectivity index (χ1n) is 11.8. The van der Waals surface area contributed by atoms with Crippen molar-refractivity contribution < 1.29 is 27.4 Å². The number of carbonyl (C=O) groups is 1. The summed E-state index contributed by atoms with van der Waals surface area (Å²) >= 11 is 0. The normalized spacial score (nSPS) is 14.1. The Morgan fingerprint density at radius 3 is 2.30 bits per heavy atom. The number of methoxy groups -OCH3 is 2. The van der Waals surface area contributed by atoms with E-state index in [4.69, 9.17) is 14.2 Å². The highest BCUT2D eigenvalue weighted by atomic mass is 32.2. The summed E-state index contributed by atoms with van der Waals surface area (Å²) < 4.78 is 45.6. The Bertz CT molecular complexity index is 1430. The summed E-state index contributed by atoms with van der Waals surface area (Å²) in [5.41, 5.74) is 3.15. The maximum atomic E-state index is 13.9. The number of nitrogens with zero attached hydrogens (tertiary/aromatic N) is 1. The van der Waals surface area contributed by atoms with Crippen LogP contribution in [0.15, 0.2) is 71.6 Å². The molecule has 0 spiro atoms. The molecule has 3 aromatic rings. The molecule has 1 amide bonds. The number of fused-ring (bicyclic) bond motifs is 1. The molecule has 1 aliphatic rings. The Labute approximate surface area is 217 Å². The van der Waals surface area contributed by atoms with Gasteiger partial charge in [-0.25, -0.2) is 8.42 Å². The highest BCUT2D eigenvalue weighted by molar-refractivity contribution is 7.97. The van der Waals surface area contributed by atoms with E-state index in [0.29, 0.717) is 34.1 Å². The molecule has 0 bridgehead atoms. The molecule has 8 nitrogen and oxygen atoms in total. The summed E-state index contributed by atoms with van der Waals surface area (Å²) in [7, 11) is -1.20. The van der Waals surface area contributed by atoms with Gasteiger partial charge >= 0.3 is 0 Å². The molecule has 1 N–H and O–H groups in total. The number of anilines is 1. The molecule has 0 aliphatic carbocycles. The number of hydrogen-bond donors (Lipinski definition) is 1. The molecular weight excluding hydrogens is 492 g/mol. The van der Waals surface area contributed by atoms with Crippen molar-refractivity contribution >= 4 is 27.2 Å². The predicted molar refractivity (Wildman–Crippen MR) is 143 cm³/mol. The first kappa shape index (κ1) is 26.1. The number of amides is 1. The van der Waals surface area contributed by atoms with Crippen LogP contribution in [0.1, 0.15) is 23.6 Å². The van der Waals surface area contributed by atoms with Crippen molar-refractivity contribution in [3.8, 4) is 17.2 Å². The molecule has 37 heavy (non-hydrogen) atoms. The van der Waals surface area contributed by atoms with Crippen molar-refractivity contribution in [2.75, 3.05) is 31.7 Å². The van der Waals surface area contributed by atoms with E-state index in [1.807, 2.05) is 61.5 Å². The SMILES string of the molecule is COc1cc2c(cc1OC)N(Cc1ccccc1)S(=O)(=O)C(C(=O)NCCOc1cccc(C)c1)=C2C. The number of rotatable bonds is 9. The molecule has 0 aromatic heterocycles. The second-order valence-corrected chi connectivity index (χ2v) is 10.4. The molecular formula is C28H30N2O6S. The summed E-state index contributed by atoms with van der Waals surface area (Å²) in [6.07, 6.45) is 0. The number of carbonyl (C=O) groups excluding carboxylic acids is 1. The molecule has 9 heteroatoms. The Morgan fingerprint density at radius 1 is 0.919 bits per heavy atom. The summed E-state index contributed by atoms with van der Waals surface area (Å²) in [6.45, 7) is 3.96. The molecule has 0 fully saturated rings. The van der Waals surface area contributed by atoms with Gasteiger partial charge in [-0.2, -0.15) is 0 Å². The van der Waals surface area contributed by atoms with Crippen molar-refractivity contribution in [1.29, 1.82) is 0 Å². The number of aryl methyl sites for hydroxylation is 1. The van der Waals surface area contributed by atoms with Crippen molar-refractivity contribution in [3.63, 3.8) is 0 Å². The first-order valence-corrected chi connectivity index (χ1v) is 13.2. The topological polar surface area (TPSA) is 94.2 Å². The Morgan fingerprint density at radius 2 is 1.62 bits per heavy atom. The van der Waals surface area contributed by atoms with Gasteiger partial charge in [-0.1, -0.05) is 42.5 Å². The van der Waals surface area contributed by atoms with Crippen LogP contribution in [-0.2, 0) is 21.4 Å². The standard InChI is InChI=1S/C28H30N2O6S/c1-19-9-8-12-22(15-19)36-14-13-29-28(31)27-20(2)23-16-25(34-3)26(35-4)17-24(23)30(37(27,32)33)18-21-10-6-5-7-11-21/h5-12,15-17H,13-14,18H2,1-4H3,(H,29,31). The third-order valence-electron chi connectivity index (χ3n) is 6.08. The van der Waals surface area contributed by atoms with Crippen LogP contribution < -0.4 is 23.8 Å². The average Bonchev–Trinajstić information content (AvgIpc) is 2.89. The Balaban J connectivity index is 1.67. The van der Waals surface area contributed by atoms with E-state index in [2.05, 4.69) is 5.32 Å². The van der Waals surface area contributed by atoms with Crippen LogP contribution in [0.3, 0.4) is 0 Å². The van der Waals surface area contributed by atoms with Crippen molar-refractivity contribution in [2.45, 2.75) is 20.4 Å². The van der Waals surface area contributed by atoms with Gasteiger partial charge in [0, 0.05) is 11.6 Å². The van der Waals surface area contributed by atoms with Gasteiger partial charge in [-0.05, 0) is 48.7 Å². The quantitative estimate of drug-likeness (QED) is 0.422. The van der Waals surface area contributed by atoms with Crippen molar-refractivity contribution in [1.82, 2.24) is 5.32 Å². The van der Waals surface area contributed by atoms with Crippen LogP contribution in [0, 0.1) is 6.92 Å². The Hall–Kier alpha value is -3.98. The number of hydrogen-bond acceptors (Lipinski definition) is 6. The molecule has 4 rings (SSSR count). The molecule has 1 aliphatic heterocycles. The summed E-state index contributed by atoms with van der Waals surface area (Å²) in [4.78, 5) is 13.0. The van der Waals surface area contributed by atoms with Crippen LogP contribution in [0.4, 0.5) is 5.69 Å².